The van der Waals surface area contributed by atoms with E-state index in [-0.39, 0.29) is 40.7 Å². The summed E-state index contributed by atoms with van der Waals surface area (Å²) in [5.41, 5.74) is 2.01. The van der Waals surface area contributed by atoms with Crippen molar-refractivity contribution < 1.29 is 46.9 Å². The number of esters is 3. The molecule has 1 aliphatic carbocycles. The van der Waals surface area contributed by atoms with Gasteiger partial charge in [0.15, 0.2) is 46.1 Å². The minimum absolute atomic E-state index is 0.00572. The summed E-state index contributed by atoms with van der Waals surface area (Å²) in [6.45, 7) is 30.5. The lowest BCUT2D eigenvalue weighted by atomic mass is 9.77. The summed E-state index contributed by atoms with van der Waals surface area (Å²) in [5, 5.41) is 9.24. The third-order valence-corrected chi connectivity index (χ3v) is 23.4. The second-order valence-electron chi connectivity index (χ2n) is 21.2. The van der Waals surface area contributed by atoms with Crippen LogP contribution in [0.5, 0.6) is 5.88 Å². The van der Waals surface area contributed by atoms with Gasteiger partial charge < -0.3 is 37.9 Å². The molecule has 1 N–H and O–H groups in total. The van der Waals surface area contributed by atoms with Gasteiger partial charge in [0.05, 0.1) is 25.1 Å². The maximum absolute atomic E-state index is 13.2. The summed E-state index contributed by atoms with van der Waals surface area (Å²) in [6.07, 6.45) is -1.09. The van der Waals surface area contributed by atoms with Crippen LogP contribution >= 0.6 is 0 Å². The number of aromatic nitrogens is 4. The van der Waals surface area contributed by atoms with Gasteiger partial charge in [-0.1, -0.05) is 96.7 Å². The Bertz CT molecular complexity index is 2890. The molecule has 7 atom stereocenters. The molecule has 2 aromatic heterocycles. The first-order valence-corrected chi connectivity index (χ1v) is 29.1. The van der Waals surface area contributed by atoms with Gasteiger partial charge in [0.1, 0.15) is 18.9 Å². The zero-order valence-corrected chi connectivity index (χ0v) is 43.5. The number of benzene rings is 4. The van der Waals surface area contributed by atoms with E-state index in [1.54, 1.807) is 12.4 Å². The molecule has 6 aromatic rings. The van der Waals surface area contributed by atoms with Gasteiger partial charge >= 0.3 is 17.9 Å². The summed E-state index contributed by atoms with van der Waals surface area (Å²) in [4.78, 5) is 53.8. The van der Waals surface area contributed by atoms with E-state index in [4.69, 9.17) is 47.5 Å². The van der Waals surface area contributed by atoms with Crippen molar-refractivity contribution in [2.45, 2.75) is 148 Å². The van der Waals surface area contributed by atoms with E-state index >= 15 is 0 Å². The van der Waals surface area contributed by atoms with Crippen LogP contribution in [-0.2, 0) is 42.2 Å². The first kappa shape index (κ1) is 49.0. The van der Waals surface area contributed by atoms with Crippen LogP contribution in [-0.4, -0.2) is 91.7 Å². The Balaban J connectivity index is 1.29. The molecule has 362 valence electrons. The summed E-state index contributed by atoms with van der Waals surface area (Å²) in [7, 11) is -4.44. The molecule has 2 aliphatic rings. The zero-order chi connectivity index (χ0) is 49.2. The minimum atomic E-state index is -2.28. The highest BCUT2D eigenvalue weighted by Gasteiger charge is 2.51. The predicted octanol–water partition coefficient (Wildman–Crippen LogP) is 10.6. The lowest BCUT2D eigenvalue weighted by molar-refractivity contribution is -0.187. The fourth-order valence-corrected chi connectivity index (χ4v) is 11.4. The highest BCUT2D eigenvalue weighted by molar-refractivity contribution is 6.74. The lowest BCUT2D eigenvalue weighted by Crippen LogP contribution is -2.50. The molecule has 3 heterocycles. The highest BCUT2D eigenvalue weighted by atomic mass is 28.4. The summed E-state index contributed by atoms with van der Waals surface area (Å²) in [6, 6.07) is 15.3. The highest BCUT2D eigenvalue weighted by Crippen LogP contribution is 2.50. The monoisotopic (exact) mass is 963 g/mol. The van der Waals surface area contributed by atoms with Crippen LogP contribution in [0.1, 0.15) is 98.2 Å². The van der Waals surface area contributed by atoms with Gasteiger partial charge in [-0.05, 0) is 80.2 Å². The van der Waals surface area contributed by atoms with Crippen LogP contribution in [0.25, 0.3) is 43.5 Å². The molecule has 0 saturated carbocycles. The molecular formula is C51H65N5O10Si2. The number of anilines is 1. The second-order valence-corrected chi connectivity index (χ2v) is 30.7. The third-order valence-electron chi connectivity index (χ3n) is 14.4. The topological polar surface area (TPSA) is 171 Å². The first-order valence-electron chi connectivity index (χ1n) is 23.3. The number of fused-ring (bicyclic) bond motifs is 3. The average molecular weight is 964 g/mol. The summed E-state index contributed by atoms with van der Waals surface area (Å²) >= 11 is 0. The van der Waals surface area contributed by atoms with E-state index in [9.17, 15) is 14.4 Å². The molecule has 0 bridgehead atoms. The quantitative estimate of drug-likeness (QED) is 0.0359. The van der Waals surface area contributed by atoms with E-state index < -0.39 is 65.1 Å². The fraction of sp³-hybridized carbons (Fsp3) is 0.490. The molecule has 8 rings (SSSR count). The number of imidazole rings is 1. The Kier molecular flexibility index (Phi) is 13.1. The SMILES string of the molecule is C=CCOc1nc(N[C@H]2c3c(cc4ccc5cccc6ccc3c4c56)[C@@H](OC(C)=O)[C@H](OC(C)=O)[C@H]2OC(C)=O)nc2c1ncn2[C@H]1C[C@H](O[Si](C)(C)C(C)(C)C)[C@@H](CO[Si](C)(C)C(C)(C)C)O1. The molecule has 0 spiro atoms. The second kappa shape index (κ2) is 18.1. The Morgan fingerprint density at radius 3 is 2.10 bits per heavy atom. The summed E-state index contributed by atoms with van der Waals surface area (Å²) in [5.74, 6) is -1.65. The van der Waals surface area contributed by atoms with Gasteiger partial charge in [-0.2, -0.15) is 9.97 Å². The van der Waals surface area contributed by atoms with Crippen molar-refractivity contribution in [3.63, 3.8) is 0 Å². The Labute approximate surface area is 399 Å². The molecule has 4 aromatic carbocycles. The molecule has 1 fully saturated rings. The van der Waals surface area contributed by atoms with Gasteiger partial charge in [0.2, 0.25) is 11.8 Å². The fourth-order valence-electron chi connectivity index (χ4n) is 9.00. The maximum atomic E-state index is 13.2. The average Bonchev–Trinajstić information content (AvgIpc) is 3.85. The van der Waals surface area contributed by atoms with Crippen LogP contribution in [0.4, 0.5) is 5.95 Å². The van der Waals surface area contributed by atoms with Crippen LogP contribution < -0.4 is 10.1 Å². The number of nitrogens with zero attached hydrogens (tertiary/aromatic N) is 4. The predicted molar refractivity (Wildman–Crippen MR) is 267 cm³/mol. The smallest absolute Gasteiger partial charge is 0.303 e. The molecule has 0 radical (unpaired) electrons. The number of carbonyl (C=O) groups excluding carboxylic acids is 3. The standard InChI is InChI=1S/C51H65N5O10Si2/c1-15-23-60-48-43-47(56(27-52-43)38-25-36(66-68(13,14)51(8,9)10)37(65-38)26-61-67(11,12)50(5,6)7)54-49(55-48)53-42-41-34-22-21-32-18-16-17-31-19-20-33(40(34)39(31)32)24-35(41)44(62-28(2)57)46(64-30(4)59)45(42)63-29(3)58/h15-22,24,27,36-38,42,44-46H,1,23,25-26H2,2-14H3,(H,53,54,55)/t36-,37+,38+,42-,44+,45-,46-/m0/s1. The van der Waals surface area contributed by atoms with Crippen molar-refractivity contribution >= 4 is 84.0 Å². The largest absolute Gasteiger partial charge is 0.472 e. The molecule has 17 heteroatoms. The number of rotatable bonds is 14. The maximum Gasteiger partial charge on any atom is 0.303 e. The van der Waals surface area contributed by atoms with E-state index in [2.05, 4.69) is 97.8 Å². The number of hydrogen-bond acceptors (Lipinski definition) is 14. The van der Waals surface area contributed by atoms with E-state index in [0.717, 1.165) is 32.3 Å². The van der Waals surface area contributed by atoms with Crippen molar-refractivity contribution in [3.8, 4) is 5.88 Å². The van der Waals surface area contributed by atoms with Crippen LogP contribution in [0, 0.1) is 0 Å². The van der Waals surface area contributed by atoms with Crippen molar-refractivity contribution in [1.82, 2.24) is 19.5 Å². The van der Waals surface area contributed by atoms with Gasteiger partial charge in [-0.15, -0.1) is 0 Å². The number of ether oxygens (including phenoxy) is 5. The Morgan fingerprint density at radius 1 is 0.838 bits per heavy atom. The molecule has 1 saturated heterocycles. The van der Waals surface area contributed by atoms with E-state index in [0.29, 0.717) is 35.3 Å². The van der Waals surface area contributed by atoms with E-state index in [1.165, 1.54) is 20.8 Å². The Hall–Kier alpha value is -5.47. The van der Waals surface area contributed by atoms with Crippen molar-refractivity contribution in [3.05, 3.63) is 78.6 Å². The van der Waals surface area contributed by atoms with Crippen molar-refractivity contribution in [2.24, 2.45) is 0 Å². The van der Waals surface area contributed by atoms with Gasteiger partial charge in [-0.3, -0.25) is 19.0 Å². The number of nitrogens with one attached hydrogen (secondary N) is 1. The molecule has 1 aliphatic heterocycles. The van der Waals surface area contributed by atoms with Crippen LogP contribution in [0.2, 0.25) is 36.3 Å². The third kappa shape index (κ3) is 9.22. The summed E-state index contributed by atoms with van der Waals surface area (Å²) < 4.78 is 47.1. The van der Waals surface area contributed by atoms with Crippen molar-refractivity contribution in [1.29, 1.82) is 0 Å². The van der Waals surface area contributed by atoms with E-state index in [1.807, 2.05) is 34.9 Å². The van der Waals surface area contributed by atoms with Crippen molar-refractivity contribution in [2.75, 3.05) is 18.5 Å². The molecular weight excluding hydrogens is 899 g/mol. The molecule has 0 unspecified atom stereocenters. The molecule has 68 heavy (non-hydrogen) atoms. The normalized spacial score (nSPS) is 22.4. The lowest BCUT2D eigenvalue weighted by Gasteiger charge is -2.43. The van der Waals surface area contributed by atoms with Crippen LogP contribution in [0.15, 0.2) is 67.5 Å². The van der Waals surface area contributed by atoms with Crippen LogP contribution in [0.3, 0.4) is 0 Å². The molecule has 15 nitrogen and oxygen atoms in total. The number of hydrogen-bond donors (Lipinski definition) is 1. The first-order chi connectivity index (χ1) is 31.9. The van der Waals surface area contributed by atoms with Gasteiger partial charge in [0, 0.05) is 32.8 Å². The van der Waals surface area contributed by atoms with Gasteiger partial charge in [0.25, 0.3) is 0 Å². The van der Waals surface area contributed by atoms with Gasteiger partial charge in [-0.25, -0.2) is 4.98 Å². The molecule has 0 amide bonds. The minimum Gasteiger partial charge on any atom is -0.472 e. The Morgan fingerprint density at radius 2 is 1.47 bits per heavy atom. The zero-order valence-electron chi connectivity index (χ0n) is 41.5. The number of carbonyl (C=O) groups is 3.